The van der Waals surface area contributed by atoms with Gasteiger partial charge in [0.2, 0.25) is 0 Å². The van der Waals surface area contributed by atoms with Gasteiger partial charge in [-0.05, 0) is 49.7 Å². The smallest absolute Gasteiger partial charge is 0.319 e. The van der Waals surface area contributed by atoms with Gasteiger partial charge in [-0.2, -0.15) is 0 Å². The summed E-state index contributed by atoms with van der Waals surface area (Å²) in [6, 6.07) is 17.6. The first-order valence-electron chi connectivity index (χ1n) is 9.63. The van der Waals surface area contributed by atoms with E-state index in [1.165, 1.54) is 0 Å². The number of hydrogen-bond donors (Lipinski definition) is 1. The molecule has 28 heavy (non-hydrogen) atoms. The van der Waals surface area contributed by atoms with Crippen LogP contribution >= 0.6 is 17.0 Å². The largest absolute Gasteiger partial charge is 0.489 e. The summed E-state index contributed by atoms with van der Waals surface area (Å²) >= 11 is 0. The molecule has 0 fully saturated rings. The number of amides is 2. The summed E-state index contributed by atoms with van der Waals surface area (Å²) in [7, 11) is 0. The number of likely N-dealkylation sites (N-methyl/N-ethyl adjacent to an activating group) is 1. The van der Waals surface area contributed by atoms with Crippen molar-refractivity contribution in [2.45, 2.75) is 39.8 Å². The highest BCUT2D eigenvalue weighted by Gasteiger charge is 2.16. The number of carbonyl (C=O) groups is 1. The number of hydrogen-bond acceptors (Lipinski definition) is 3. The number of rotatable bonds is 10. The topological polar surface area (TPSA) is 58.8 Å². The zero-order valence-electron chi connectivity index (χ0n) is 17.0. The molecule has 1 unspecified atom stereocenters. The lowest BCUT2D eigenvalue weighted by atomic mass is 10.2. The maximum absolute atomic E-state index is 11.9. The minimum absolute atomic E-state index is 0. The lowest BCUT2D eigenvalue weighted by molar-refractivity contribution is 0.217. The van der Waals surface area contributed by atoms with Crippen molar-refractivity contribution < 1.29 is 9.53 Å². The summed E-state index contributed by atoms with van der Waals surface area (Å²) in [4.78, 5) is 15.9. The lowest BCUT2D eigenvalue weighted by Crippen LogP contribution is -2.43. The van der Waals surface area contributed by atoms with Crippen LogP contribution in [0.1, 0.15) is 32.8 Å². The van der Waals surface area contributed by atoms with Crippen LogP contribution in [0.3, 0.4) is 0 Å². The number of anilines is 1. The average Bonchev–Trinajstić information content (AvgIpc) is 2.70. The Balaban J connectivity index is 0.00000392. The highest BCUT2D eigenvalue weighted by molar-refractivity contribution is 8.93. The van der Waals surface area contributed by atoms with Crippen molar-refractivity contribution in [3.63, 3.8) is 0 Å². The predicted octanol–water partition coefficient (Wildman–Crippen LogP) is 4.85. The molecule has 0 saturated carbocycles. The molecule has 2 rings (SSSR count). The number of nitrogens with zero attached hydrogens (tertiary/aromatic N) is 2. The Hall–Kier alpha value is -2.05. The molecule has 0 radical (unpaired) electrons. The van der Waals surface area contributed by atoms with Crippen LogP contribution in [0.5, 0.6) is 5.75 Å². The Morgan fingerprint density at radius 2 is 1.68 bits per heavy atom. The van der Waals surface area contributed by atoms with E-state index in [4.69, 9.17) is 10.5 Å². The molecule has 0 aliphatic heterocycles. The van der Waals surface area contributed by atoms with E-state index in [1.54, 1.807) is 4.90 Å². The molecule has 2 aromatic rings. The van der Waals surface area contributed by atoms with Crippen molar-refractivity contribution in [2.75, 3.05) is 24.5 Å². The minimum atomic E-state index is -0.437. The van der Waals surface area contributed by atoms with Gasteiger partial charge in [-0.15, -0.1) is 17.0 Å². The number of primary amides is 1. The molecular formula is C22H32BrN3O2. The van der Waals surface area contributed by atoms with Crippen molar-refractivity contribution in [2.24, 2.45) is 5.73 Å². The Bertz CT molecular complexity index is 695. The minimum Gasteiger partial charge on any atom is -0.489 e. The maximum Gasteiger partial charge on any atom is 0.319 e. The van der Waals surface area contributed by atoms with Crippen molar-refractivity contribution in [1.82, 2.24) is 4.90 Å². The number of nitrogens with two attached hydrogens (primary N) is 1. The number of halogens is 1. The predicted molar refractivity (Wildman–Crippen MR) is 121 cm³/mol. The zero-order chi connectivity index (χ0) is 19.6. The Morgan fingerprint density at radius 1 is 1.04 bits per heavy atom. The molecule has 0 bridgehead atoms. The molecule has 2 aromatic carbocycles. The summed E-state index contributed by atoms with van der Waals surface area (Å²) in [5.74, 6) is 0.766. The fraction of sp³-hybridized carbons (Fsp3) is 0.409. The van der Waals surface area contributed by atoms with Gasteiger partial charge < -0.3 is 10.5 Å². The quantitative estimate of drug-likeness (QED) is 0.563. The molecule has 2 amide bonds. The van der Waals surface area contributed by atoms with Crippen LogP contribution in [0.15, 0.2) is 54.6 Å². The molecule has 154 valence electrons. The molecule has 0 heterocycles. The summed E-state index contributed by atoms with van der Waals surface area (Å²) < 4.78 is 5.81. The third kappa shape index (κ3) is 7.17. The van der Waals surface area contributed by atoms with E-state index in [1.807, 2.05) is 54.6 Å². The van der Waals surface area contributed by atoms with Gasteiger partial charge in [-0.1, -0.05) is 44.2 Å². The van der Waals surface area contributed by atoms with Gasteiger partial charge in [0, 0.05) is 24.8 Å². The number of carbonyl (C=O) groups excluding carboxylic acids is 1. The molecule has 0 saturated heterocycles. The van der Waals surface area contributed by atoms with Gasteiger partial charge in [0.05, 0.1) is 0 Å². The summed E-state index contributed by atoms with van der Waals surface area (Å²) in [5, 5.41) is 0. The van der Waals surface area contributed by atoms with Crippen LogP contribution in [-0.4, -0.2) is 36.6 Å². The van der Waals surface area contributed by atoms with E-state index in [9.17, 15) is 4.79 Å². The SMILES string of the molecule is Br.CCC(C)N(CC)CCN(C(N)=O)c1ccc(OCc2ccccc2)cc1. The second-order valence-electron chi connectivity index (χ2n) is 6.64. The molecule has 6 heteroatoms. The van der Waals surface area contributed by atoms with Crippen molar-refractivity contribution in [3.8, 4) is 5.75 Å². The van der Waals surface area contributed by atoms with E-state index in [2.05, 4.69) is 25.7 Å². The molecule has 5 nitrogen and oxygen atoms in total. The monoisotopic (exact) mass is 449 g/mol. The van der Waals surface area contributed by atoms with Gasteiger partial charge in [0.25, 0.3) is 0 Å². The first kappa shape index (κ1) is 24.0. The highest BCUT2D eigenvalue weighted by atomic mass is 79.9. The van der Waals surface area contributed by atoms with E-state index < -0.39 is 6.03 Å². The Kier molecular flexibility index (Phi) is 10.6. The van der Waals surface area contributed by atoms with Crippen LogP contribution in [-0.2, 0) is 6.61 Å². The molecule has 0 aliphatic carbocycles. The first-order chi connectivity index (χ1) is 13.0. The number of benzene rings is 2. The molecule has 2 N–H and O–H groups in total. The summed E-state index contributed by atoms with van der Waals surface area (Å²) in [6.07, 6.45) is 1.08. The standard InChI is InChI=1S/C22H31N3O2.BrH/c1-4-18(3)24(5-2)15-16-25(22(23)26)20-11-13-21(14-12-20)27-17-19-9-7-6-8-10-19;/h6-14,18H,4-5,15-17H2,1-3H3,(H2,23,26);1H. The molecule has 1 atom stereocenters. The van der Waals surface area contributed by atoms with Gasteiger partial charge in [-0.3, -0.25) is 9.80 Å². The molecular weight excluding hydrogens is 418 g/mol. The average molecular weight is 450 g/mol. The van der Waals surface area contributed by atoms with Gasteiger partial charge >= 0.3 is 6.03 Å². The fourth-order valence-corrected chi connectivity index (χ4v) is 3.01. The maximum atomic E-state index is 11.9. The summed E-state index contributed by atoms with van der Waals surface area (Å²) in [6.45, 7) is 9.34. The van der Waals surface area contributed by atoms with Crippen LogP contribution in [0.2, 0.25) is 0 Å². The van der Waals surface area contributed by atoms with E-state index in [0.717, 1.165) is 36.5 Å². The summed E-state index contributed by atoms with van der Waals surface area (Å²) in [5.41, 5.74) is 7.52. The van der Waals surface area contributed by atoms with Crippen LogP contribution in [0.25, 0.3) is 0 Å². The van der Waals surface area contributed by atoms with E-state index in [-0.39, 0.29) is 17.0 Å². The third-order valence-electron chi connectivity index (χ3n) is 4.89. The third-order valence-corrected chi connectivity index (χ3v) is 4.89. The van der Waals surface area contributed by atoms with Crippen LogP contribution in [0.4, 0.5) is 10.5 Å². The van der Waals surface area contributed by atoms with Crippen LogP contribution < -0.4 is 15.4 Å². The van der Waals surface area contributed by atoms with Crippen LogP contribution in [0, 0.1) is 0 Å². The van der Waals surface area contributed by atoms with Gasteiger partial charge in [0.1, 0.15) is 12.4 Å². The first-order valence-corrected chi connectivity index (χ1v) is 9.63. The Labute approximate surface area is 179 Å². The van der Waals surface area contributed by atoms with Gasteiger partial charge in [0.15, 0.2) is 0 Å². The van der Waals surface area contributed by atoms with E-state index >= 15 is 0 Å². The molecule has 0 spiro atoms. The zero-order valence-corrected chi connectivity index (χ0v) is 18.7. The van der Waals surface area contributed by atoms with E-state index in [0.29, 0.717) is 19.2 Å². The fourth-order valence-electron chi connectivity index (χ4n) is 3.01. The normalized spacial score (nSPS) is 11.6. The molecule has 0 aromatic heterocycles. The van der Waals surface area contributed by atoms with Crippen molar-refractivity contribution in [3.05, 3.63) is 60.2 Å². The van der Waals surface area contributed by atoms with Crippen molar-refractivity contribution >= 4 is 28.7 Å². The van der Waals surface area contributed by atoms with Gasteiger partial charge in [-0.25, -0.2) is 4.79 Å². The highest BCUT2D eigenvalue weighted by Crippen LogP contribution is 2.20. The van der Waals surface area contributed by atoms with Crippen molar-refractivity contribution in [1.29, 1.82) is 0 Å². The lowest BCUT2D eigenvalue weighted by Gasteiger charge is -2.30. The second kappa shape index (κ2) is 12.4. The molecule has 0 aliphatic rings. The number of urea groups is 1. The Morgan fingerprint density at radius 3 is 2.21 bits per heavy atom. The second-order valence-corrected chi connectivity index (χ2v) is 6.64. The number of ether oxygens (including phenoxy) is 1.